The summed E-state index contributed by atoms with van der Waals surface area (Å²) in [5.74, 6) is 0.180. The van der Waals surface area contributed by atoms with E-state index in [0.717, 1.165) is 37.9 Å². The number of sulfonamides is 1. The average Bonchev–Trinajstić information content (AvgIpc) is 2.52. The number of pyridine rings is 1. The van der Waals surface area contributed by atoms with Crippen molar-refractivity contribution < 1.29 is 8.42 Å². The van der Waals surface area contributed by atoms with E-state index in [0.29, 0.717) is 13.0 Å². The first-order chi connectivity index (χ1) is 10.1. The van der Waals surface area contributed by atoms with Gasteiger partial charge in [-0.25, -0.2) is 8.42 Å². The number of rotatable bonds is 7. The number of piperidine rings is 1. The lowest BCUT2D eigenvalue weighted by atomic mass is 10.1. The third-order valence-corrected chi connectivity index (χ3v) is 5.87. The fraction of sp³-hybridized carbons (Fsp3) is 0.667. The molecule has 1 unspecified atom stereocenters. The standard InChI is InChI=1S/C15H25N3O2S/c1-2-16-13-15-5-3-4-11-18(15)21(19,20)12-8-14-6-9-17-10-7-14/h6-7,9-10,15-16H,2-5,8,11-13H2,1H3. The fourth-order valence-electron chi connectivity index (χ4n) is 2.77. The molecule has 1 atom stereocenters. The molecule has 0 spiro atoms. The van der Waals surface area contributed by atoms with E-state index in [9.17, 15) is 8.42 Å². The Morgan fingerprint density at radius 1 is 1.33 bits per heavy atom. The van der Waals surface area contributed by atoms with E-state index in [4.69, 9.17) is 0 Å². The van der Waals surface area contributed by atoms with E-state index < -0.39 is 10.0 Å². The van der Waals surface area contributed by atoms with Crippen molar-refractivity contribution in [2.24, 2.45) is 0 Å². The highest BCUT2D eigenvalue weighted by molar-refractivity contribution is 7.89. The number of aromatic nitrogens is 1. The first-order valence-electron chi connectivity index (χ1n) is 7.72. The molecule has 0 bridgehead atoms. The zero-order valence-corrected chi connectivity index (χ0v) is 13.5. The van der Waals surface area contributed by atoms with E-state index in [2.05, 4.69) is 10.3 Å². The Hall–Kier alpha value is -0.980. The second-order valence-corrected chi connectivity index (χ2v) is 7.53. The van der Waals surface area contributed by atoms with Crippen LogP contribution in [-0.4, -0.2) is 49.1 Å². The Morgan fingerprint density at radius 3 is 2.81 bits per heavy atom. The van der Waals surface area contributed by atoms with Gasteiger partial charge in [-0.1, -0.05) is 13.3 Å². The normalized spacial score (nSPS) is 20.5. The molecule has 0 aromatic carbocycles. The molecule has 1 N–H and O–H groups in total. The summed E-state index contributed by atoms with van der Waals surface area (Å²) in [7, 11) is -3.19. The molecular formula is C15H25N3O2S. The maximum absolute atomic E-state index is 12.6. The number of hydrogen-bond acceptors (Lipinski definition) is 4. The predicted molar refractivity (Wildman–Crippen MR) is 84.6 cm³/mol. The fourth-order valence-corrected chi connectivity index (χ4v) is 4.54. The zero-order valence-electron chi connectivity index (χ0n) is 12.7. The largest absolute Gasteiger partial charge is 0.315 e. The Labute approximate surface area is 127 Å². The monoisotopic (exact) mass is 311 g/mol. The highest BCUT2D eigenvalue weighted by Crippen LogP contribution is 2.21. The van der Waals surface area contributed by atoms with Gasteiger partial charge in [-0.2, -0.15) is 4.31 Å². The summed E-state index contributed by atoms with van der Waals surface area (Å²) in [6, 6.07) is 3.87. The SMILES string of the molecule is CCNCC1CCCCN1S(=O)(=O)CCc1ccncc1. The average molecular weight is 311 g/mol. The molecule has 2 rings (SSSR count). The van der Waals surface area contributed by atoms with Crippen LogP contribution in [-0.2, 0) is 16.4 Å². The molecule has 0 aliphatic carbocycles. The van der Waals surface area contributed by atoms with Crippen LogP contribution in [0.5, 0.6) is 0 Å². The summed E-state index contributed by atoms with van der Waals surface area (Å²) in [5, 5.41) is 3.28. The van der Waals surface area contributed by atoms with Gasteiger partial charge in [0.25, 0.3) is 0 Å². The van der Waals surface area contributed by atoms with Crippen molar-refractivity contribution in [2.45, 2.75) is 38.6 Å². The second kappa shape index (κ2) is 7.87. The van der Waals surface area contributed by atoms with Crippen molar-refractivity contribution in [3.63, 3.8) is 0 Å². The topological polar surface area (TPSA) is 62.3 Å². The van der Waals surface area contributed by atoms with Crippen LogP contribution in [0.25, 0.3) is 0 Å². The van der Waals surface area contributed by atoms with Crippen molar-refractivity contribution in [3.05, 3.63) is 30.1 Å². The molecule has 1 aliphatic heterocycles. The summed E-state index contributed by atoms with van der Waals surface area (Å²) >= 11 is 0. The molecule has 1 aliphatic rings. The lowest BCUT2D eigenvalue weighted by Crippen LogP contribution is -2.49. The molecule has 2 heterocycles. The predicted octanol–water partition coefficient (Wildman–Crippen LogP) is 1.42. The van der Waals surface area contributed by atoms with Crippen LogP contribution < -0.4 is 5.32 Å². The number of nitrogens with one attached hydrogen (secondary N) is 1. The van der Waals surface area contributed by atoms with Crippen LogP contribution in [0.15, 0.2) is 24.5 Å². The minimum Gasteiger partial charge on any atom is -0.315 e. The van der Waals surface area contributed by atoms with Crippen molar-refractivity contribution >= 4 is 10.0 Å². The molecule has 1 fully saturated rings. The van der Waals surface area contributed by atoms with E-state index in [1.807, 2.05) is 19.1 Å². The summed E-state index contributed by atoms with van der Waals surface area (Å²) in [6.07, 6.45) is 7.01. The van der Waals surface area contributed by atoms with Gasteiger partial charge in [-0.3, -0.25) is 4.98 Å². The zero-order chi connectivity index (χ0) is 15.1. The minimum atomic E-state index is -3.19. The van der Waals surface area contributed by atoms with Crippen molar-refractivity contribution in [3.8, 4) is 0 Å². The maximum Gasteiger partial charge on any atom is 0.214 e. The van der Waals surface area contributed by atoms with Crippen molar-refractivity contribution in [1.29, 1.82) is 0 Å². The van der Waals surface area contributed by atoms with Gasteiger partial charge < -0.3 is 5.32 Å². The molecule has 0 saturated carbocycles. The molecule has 0 amide bonds. The maximum atomic E-state index is 12.6. The third-order valence-electron chi connectivity index (χ3n) is 3.96. The van der Waals surface area contributed by atoms with Gasteiger partial charge in [0.05, 0.1) is 5.75 Å². The summed E-state index contributed by atoms with van der Waals surface area (Å²) in [5.41, 5.74) is 1.02. The summed E-state index contributed by atoms with van der Waals surface area (Å²) < 4.78 is 27.0. The second-order valence-electron chi connectivity index (χ2n) is 5.49. The number of aryl methyl sites for hydroxylation is 1. The van der Waals surface area contributed by atoms with Crippen molar-refractivity contribution in [1.82, 2.24) is 14.6 Å². The first kappa shape index (κ1) is 16.4. The van der Waals surface area contributed by atoms with Gasteiger partial charge in [-0.15, -0.1) is 0 Å². The highest BCUT2D eigenvalue weighted by Gasteiger charge is 2.31. The van der Waals surface area contributed by atoms with Gasteiger partial charge in [0, 0.05) is 31.5 Å². The summed E-state index contributed by atoms with van der Waals surface area (Å²) in [6.45, 7) is 4.34. The van der Waals surface area contributed by atoms with Crippen LogP contribution in [0.2, 0.25) is 0 Å². The van der Waals surface area contributed by atoms with Crippen molar-refractivity contribution in [2.75, 3.05) is 25.4 Å². The van der Waals surface area contributed by atoms with Gasteiger partial charge >= 0.3 is 0 Å². The van der Waals surface area contributed by atoms with Crippen LogP contribution >= 0.6 is 0 Å². The van der Waals surface area contributed by atoms with Gasteiger partial charge in [0.15, 0.2) is 0 Å². The minimum absolute atomic E-state index is 0.112. The quantitative estimate of drug-likeness (QED) is 0.827. The van der Waals surface area contributed by atoms with E-state index in [-0.39, 0.29) is 11.8 Å². The Morgan fingerprint density at radius 2 is 2.10 bits per heavy atom. The number of likely N-dealkylation sites (N-methyl/N-ethyl adjacent to an activating group) is 1. The highest BCUT2D eigenvalue weighted by atomic mass is 32.2. The van der Waals surface area contributed by atoms with Crippen LogP contribution in [0.4, 0.5) is 0 Å². The number of nitrogens with zero attached hydrogens (tertiary/aromatic N) is 2. The smallest absolute Gasteiger partial charge is 0.214 e. The molecule has 0 radical (unpaired) electrons. The van der Waals surface area contributed by atoms with E-state index >= 15 is 0 Å². The van der Waals surface area contributed by atoms with Crippen LogP contribution in [0.1, 0.15) is 31.7 Å². The lowest BCUT2D eigenvalue weighted by molar-refractivity contribution is 0.246. The van der Waals surface area contributed by atoms with Crippen LogP contribution in [0.3, 0.4) is 0 Å². The third kappa shape index (κ3) is 4.76. The van der Waals surface area contributed by atoms with E-state index in [1.165, 1.54) is 0 Å². The van der Waals surface area contributed by atoms with Gasteiger partial charge in [0.2, 0.25) is 10.0 Å². The Balaban J connectivity index is 1.98. The lowest BCUT2D eigenvalue weighted by Gasteiger charge is -2.34. The van der Waals surface area contributed by atoms with Gasteiger partial charge in [-0.05, 0) is 43.5 Å². The molecule has 1 aromatic heterocycles. The Bertz CT molecular complexity index is 519. The molecule has 118 valence electrons. The molecule has 1 saturated heterocycles. The molecular weight excluding hydrogens is 286 g/mol. The molecule has 5 nitrogen and oxygen atoms in total. The van der Waals surface area contributed by atoms with Crippen LogP contribution in [0, 0.1) is 0 Å². The van der Waals surface area contributed by atoms with E-state index in [1.54, 1.807) is 16.7 Å². The Kier molecular flexibility index (Phi) is 6.14. The number of hydrogen-bond donors (Lipinski definition) is 1. The summed E-state index contributed by atoms with van der Waals surface area (Å²) in [4.78, 5) is 3.96. The first-order valence-corrected chi connectivity index (χ1v) is 9.33. The molecule has 6 heteroatoms. The molecule has 1 aromatic rings. The van der Waals surface area contributed by atoms with Gasteiger partial charge in [0.1, 0.15) is 0 Å². The molecule has 21 heavy (non-hydrogen) atoms.